The number of rotatable bonds is 5. The molecule has 88 valence electrons. The quantitative estimate of drug-likeness (QED) is 0.818. The summed E-state index contributed by atoms with van der Waals surface area (Å²) in [5, 5.41) is 7.59. The van der Waals surface area contributed by atoms with Crippen molar-refractivity contribution in [3.05, 3.63) is 65.5 Å². The topological polar surface area (TPSA) is 26.1 Å². The number of benzene rings is 2. The van der Waals surface area contributed by atoms with E-state index in [2.05, 4.69) is 47.0 Å². The van der Waals surface area contributed by atoms with E-state index in [9.17, 15) is 0 Å². The van der Waals surface area contributed by atoms with Crippen LogP contribution in [0, 0.1) is 0 Å². The number of hydrogen-bond donors (Lipinski definition) is 1. The molecule has 0 saturated carbocycles. The van der Waals surface area contributed by atoms with E-state index in [1.54, 1.807) is 0 Å². The van der Waals surface area contributed by atoms with Crippen molar-refractivity contribution in [2.24, 2.45) is 0 Å². The Morgan fingerprint density at radius 1 is 0.941 bits per heavy atom. The van der Waals surface area contributed by atoms with Gasteiger partial charge in [-0.3, -0.25) is 0 Å². The zero-order valence-corrected chi connectivity index (χ0v) is 10.1. The Hall–Kier alpha value is -1.80. The minimum Gasteiger partial charge on any atom is -0.665 e. The van der Waals surface area contributed by atoms with Crippen molar-refractivity contribution < 1.29 is 0 Å². The summed E-state index contributed by atoms with van der Waals surface area (Å²) in [5.41, 5.74) is 3.60. The monoisotopic (exact) mass is 225 g/mol. The summed E-state index contributed by atoms with van der Waals surface area (Å²) in [4.78, 5) is 0. The third-order valence-corrected chi connectivity index (χ3v) is 2.67. The maximum absolute atomic E-state index is 4.15. The van der Waals surface area contributed by atoms with Crippen molar-refractivity contribution in [1.29, 1.82) is 0 Å². The lowest BCUT2D eigenvalue weighted by Crippen LogP contribution is -1.98. The average Bonchev–Trinajstić information content (AvgIpc) is 2.39. The number of hydrogen-bond acceptors (Lipinski definition) is 1. The van der Waals surface area contributed by atoms with Crippen LogP contribution in [0.3, 0.4) is 0 Å². The van der Waals surface area contributed by atoms with E-state index in [-0.39, 0.29) is 0 Å². The molecule has 2 heteroatoms. The summed E-state index contributed by atoms with van der Waals surface area (Å²) in [6, 6.07) is 18.6. The number of para-hydroxylation sites is 2. The van der Waals surface area contributed by atoms with Gasteiger partial charge >= 0.3 is 0 Å². The zero-order valence-electron chi connectivity index (χ0n) is 10.1. The van der Waals surface area contributed by atoms with Crippen LogP contribution in [-0.2, 0) is 6.42 Å². The normalized spacial score (nSPS) is 10.2. The van der Waals surface area contributed by atoms with Gasteiger partial charge < -0.3 is 10.6 Å². The molecule has 0 spiro atoms. The van der Waals surface area contributed by atoms with Crippen LogP contribution in [0.5, 0.6) is 0 Å². The van der Waals surface area contributed by atoms with Crippen molar-refractivity contribution in [2.45, 2.75) is 6.42 Å². The highest BCUT2D eigenvalue weighted by Crippen LogP contribution is 2.21. The Labute approximate surface area is 103 Å². The summed E-state index contributed by atoms with van der Waals surface area (Å²) in [7, 11) is 1.85. The highest BCUT2D eigenvalue weighted by Gasteiger charge is 1.99. The van der Waals surface area contributed by atoms with Crippen LogP contribution in [0.4, 0.5) is 11.4 Å². The van der Waals surface area contributed by atoms with Gasteiger partial charge in [-0.25, -0.2) is 0 Å². The molecule has 2 rings (SSSR count). The second-order valence-corrected chi connectivity index (χ2v) is 3.94. The van der Waals surface area contributed by atoms with Gasteiger partial charge in [-0.2, -0.15) is 7.05 Å². The maximum Gasteiger partial charge on any atom is 0.0416 e. The van der Waals surface area contributed by atoms with E-state index in [1.165, 1.54) is 11.3 Å². The smallest absolute Gasteiger partial charge is 0.0416 e. The third-order valence-electron chi connectivity index (χ3n) is 2.67. The molecule has 1 N–H and O–H groups in total. The van der Waals surface area contributed by atoms with Crippen LogP contribution in [0.25, 0.3) is 5.32 Å². The lowest BCUT2D eigenvalue weighted by molar-refractivity contribution is 1.04. The molecule has 0 aliphatic rings. The Bertz CT molecular complexity index is 451. The van der Waals surface area contributed by atoms with Crippen molar-refractivity contribution in [2.75, 3.05) is 18.9 Å². The molecule has 0 aliphatic heterocycles. The van der Waals surface area contributed by atoms with Crippen molar-refractivity contribution in [1.82, 2.24) is 0 Å². The molecule has 2 aromatic rings. The standard InChI is InChI=1S/C15H17N2/c1-16-12-11-13-7-5-6-10-15(13)17-14-8-3-2-4-9-14/h2-10,17H,11-12H2,1H3/q-1. The SMILES string of the molecule is C[N-]CCc1ccccc1Nc1ccccc1. The molecule has 0 saturated heterocycles. The zero-order chi connectivity index (χ0) is 11.9. The Morgan fingerprint density at radius 3 is 2.41 bits per heavy atom. The molecule has 0 radical (unpaired) electrons. The molecular formula is C15H17N2-. The van der Waals surface area contributed by atoms with Crippen LogP contribution in [0.2, 0.25) is 0 Å². The molecule has 0 aromatic heterocycles. The van der Waals surface area contributed by atoms with Crippen LogP contribution in [0.15, 0.2) is 54.6 Å². The number of likely N-dealkylation sites (N-methyl/N-ethyl adjacent to an activating group) is 1. The van der Waals surface area contributed by atoms with E-state index in [0.29, 0.717) is 0 Å². The first-order chi connectivity index (χ1) is 8.40. The van der Waals surface area contributed by atoms with E-state index < -0.39 is 0 Å². The summed E-state index contributed by atoms with van der Waals surface area (Å²) in [5.74, 6) is 0. The highest BCUT2D eigenvalue weighted by molar-refractivity contribution is 5.63. The predicted molar refractivity (Wildman–Crippen MR) is 74.0 cm³/mol. The first-order valence-corrected chi connectivity index (χ1v) is 5.86. The summed E-state index contributed by atoms with van der Waals surface area (Å²) in [6.07, 6.45) is 0.979. The molecule has 2 aromatic carbocycles. The average molecular weight is 225 g/mol. The fraction of sp³-hybridized carbons (Fsp3) is 0.200. The van der Waals surface area contributed by atoms with Crippen LogP contribution in [-0.4, -0.2) is 13.6 Å². The Morgan fingerprint density at radius 2 is 1.65 bits per heavy atom. The fourth-order valence-corrected chi connectivity index (χ4v) is 1.77. The summed E-state index contributed by atoms with van der Waals surface area (Å²) >= 11 is 0. The first kappa shape index (κ1) is 11.7. The molecule has 0 aliphatic carbocycles. The fourth-order valence-electron chi connectivity index (χ4n) is 1.77. The number of nitrogens with zero attached hydrogens (tertiary/aromatic N) is 1. The van der Waals surface area contributed by atoms with E-state index in [4.69, 9.17) is 0 Å². The second kappa shape index (κ2) is 6.06. The van der Waals surface area contributed by atoms with Gasteiger partial charge in [-0.15, -0.1) is 6.54 Å². The van der Waals surface area contributed by atoms with Gasteiger partial charge in [0.25, 0.3) is 0 Å². The van der Waals surface area contributed by atoms with E-state index in [0.717, 1.165) is 18.7 Å². The maximum atomic E-state index is 4.15. The lowest BCUT2D eigenvalue weighted by Gasteiger charge is -2.15. The number of nitrogens with one attached hydrogen (secondary N) is 1. The number of anilines is 2. The molecule has 0 bridgehead atoms. The van der Waals surface area contributed by atoms with Gasteiger partial charge in [-0.1, -0.05) is 36.4 Å². The Kier molecular flexibility index (Phi) is 4.17. The lowest BCUT2D eigenvalue weighted by atomic mass is 10.1. The molecule has 0 atom stereocenters. The van der Waals surface area contributed by atoms with Crippen molar-refractivity contribution >= 4 is 11.4 Å². The summed E-state index contributed by atoms with van der Waals surface area (Å²) in [6.45, 7) is 0.869. The van der Waals surface area contributed by atoms with Crippen LogP contribution < -0.4 is 5.32 Å². The minimum atomic E-state index is 0.869. The molecule has 0 unspecified atom stereocenters. The van der Waals surface area contributed by atoms with Gasteiger partial charge in [0.05, 0.1) is 0 Å². The molecule has 17 heavy (non-hydrogen) atoms. The van der Waals surface area contributed by atoms with E-state index in [1.807, 2.05) is 25.2 Å². The molecule has 0 amide bonds. The highest BCUT2D eigenvalue weighted by atomic mass is 14.9. The van der Waals surface area contributed by atoms with Gasteiger partial charge in [-0.05, 0) is 30.2 Å². The van der Waals surface area contributed by atoms with Crippen molar-refractivity contribution in [3.8, 4) is 0 Å². The third kappa shape index (κ3) is 3.33. The predicted octanol–water partition coefficient (Wildman–Crippen LogP) is 3.98. The van der Waals surface area contributed by atoms with E-state index >= 15 is 0 Å². The first-order valence-electron chi connectivity index (χ1n) is 5.86. The Balaban J connectivity index is 2.15. The van der Waals surface area contributed by atoms with Gasteiger partial charge in [0.15, 0.2) is 0 Å². The minimum absolute atomic E-state index is 0.869. The molecule has 0 fully saturated rings. The summed E-state index contributed by atoms with van der Waals surface area (Å²) < 4.78 is 0. The van der Waals surface area contributed by atoms with Crippen LogP contribution in [0.1, 0.15) is 5.56 Å². The molecular weight excluding hydrogens is 208 g/mol. The molecule has 0 heterocycles. The molecule has 2 nitrogen and oxygen atoms in total. The second-order valence-electron chi connectivity index (χ2n) is 3.94. The van der Waals surface area contributed by atoms with Gasteiger partial charge in [0, 0.05) is 11.4 Å². The van der Waals surface area contributed by atoms with Gasteiger partial charge in [0.1, 0.15) is 0 Å². The largest absolute Gasteiger partial charge is 0.665 e. The van der Waals surface area contributed by atoms with Crippen LogP contribution >= 0.6 is 0 Å². The van der Waals surface area contributed by atoms with Gasteiger partial charge in [0.2, 0.25) is 0 Å². The van der Waals surface area contributed by atoms with Crippen molar-refractivity contribution in [3.63, 3.8) is 0 Å².